The van der Waals surface area contributed by atoms with Crippen LogP contribution in [0.25, 0.3) is 5.65 Å². The van der Waals surface area contributed by atoms with Gasteiger partial charge in [-0.1, -0.05) is 0 Å². The number of halogens is 1. The van der Waals surface area contributed by atoms with Gasteiger partial charge in [0.05, 0.1) is 0 Å². The summed E-state index contributed by atoms with van der Waals surface area (Å²) in [5.41, 5.74) is 0.850. The van der Waals surface area contributed by atoms with Gasteiger partial charge in [-0.25, -0.2) is 4.52 Å². The smallest absolute Gasteiger partial charge is 0.243 e. The van der Waals surface area contributed by atoms with E-state index < -0.39 is 0 Å². The Balaban J connectivity index is 1.80. The summed E-state index contributed by atoms with van der Waals surface area (Å²) >= 11 is 3.41. The van der Waals surface area contributed by atoms with Gasteiger partial charge in [-0.3, -0.25) is 0 Å². The SMILES string of the molecule is Brc1ccc2nc(NC3CCOCC3)nn2c1. The molecule has 3 heterocycles. The number of ether oxygens (including phenoxy) is 1. The van der Waals surface area contributed by atoms with E-state index in [1.807, 2.05) is 18.3 Å². The minimum atomic E-state index is 0.421. The molecule has 2 aromatic rings. The van der Waals surface area contributed by atoms with Gasteiger partial charge in [-0.15, -0.1) is 5.10 Å². The van der Waals surface area contributed by atoms with Crippen LogP contribution in [-0.4, -0.2) is 33.9 Å². The van der Waals surface area contributed by atoms with E-state index in [2.05, 4.69) is 31.3 Å². The molecule has 6 heteroatoms. The molecule has 1 aliphatic heterocycles. The monoisotopic (exact) mass is 296 g/mol. The van der Waals surface area contributed by atoms with Crippen LogP contribution in [0.4, 0.5) is 5.95 Å². The Bertz CT molecular complexity index is 521. The van der Waals surface area contributed by atoms with Crippen LogP contribution in [0.2, 0.25) is 0 Å². The molecule has 1 fully saturated rings. The van der Waals surface area contributed by atoms with Gasteiger partial charge in [-0.05, 0) is 40.9 Å². The van der Waals surface area contributed by atoms with E-state index in [4.69, 9.17) is 4.74 Å². The van der Waals surface area contributed by atoms with Crippen LogP contribution in [0, 0.1) is 0 Å². The number of aromatic nitrogens is 3. The van der Waals surface area contributed by atoms with Crippen molar-refractivity contribution in [3.8, 4) is 0 Å². The van der Waals surface area contributed by atoms with Gasteiger partial charge >= 0.3 is 0 Å². The number of pyridine rings is 1. The number of hydrogen-bond donors (Lipinski definition) is 1. The number of hydrogen-bond acceptors (Lipinski definition) is 4. The third-order valence-corrected chi connectivity index (χ3v) is 3.32. The molecule has 1 N–H and O–H groups in total. The van der Waals surface area contributed by atoms with E-state index in [0.717, 1.165) is 36.2 Å². The topological polar surface area (TPSA) is 51.5 Å². The molecule has 5 nitrogen and oxygen atoms in total. The Labute approximate surface area is 107 Å². The van der Waals surface area contributed by atoms with Crippen molar-refractivity contribution in [2.24, 2.45) is 0 Å². The molecule has 2 aromatic heterocycles. The highest BCUT2D eigenvalue weighted by atomic mass is 79.9. The molecule has 0 unspecified atom stereocenters. The number of nitrogens with zero attached hydrogens (tertiary/aromatic N) is 3. The lowest BCUT2D eigenvalue weighted by Crippen LogP contribution is -2.28. The second-order valence-electron chi connectivity index (χ2n) is 4.12. The number of fused-ring (bicyclic) bond motifs is 1. The average Bonchev–Trinajstić information content (AvgIpc) is 2.71. The molecule has 0 radical (unpaired) electrons. The van der Waals surface area contributed by atoms with Crippen molar-refractivity contribution in [2.75, 3.05) is 18.5 Å². The van der Waals surface area contributed by atoms with Crippen molar-refractivity contribution in [2.45, 2.75) is 18.9 Å². The van der Waals surface area contributed by atoms with Gasteiger partial charge in [-0.2, -0.15) is 4.98 Å². The van der Waals surface area contributed by atoms with Gasteiger partial charge in [0.25, 0.3) is 0 Å². The molecule has 0 aliphatic carbocycles. The maximum absolute atomic E-state index is 5.32. The van der Waals surface area contributed by atoms with Gasteiger partial charge in [0.1, 0.15) is 0 Å². The van der Waals surface area contributed by atoms with Crippen LogP contribution >= 0.6 is 15.9 Å². The first kappa shape index (κ1) is 11.0. The van der Waals surface area contributed by atoms with E-state index in [1.165, 1.54) is 0 Å². The van der Waals surface area contributed by atoms with E-state index in [-0.39, 0.29) is 0 Å². The summed E-state index contributed by atoms with van der Waals surface area (Å²) in [6, 6.07) is 4.32. The second kappa shape index (κ2) is 4.62. The maximum atomic E-state index is 5.32. The molecule has 0 saturated carbocycles. The number of nitrogens with one attached hydrogen (secondary N) is 1. The first-order valence-electron chi connectivity index (χ1n) is 5.67. The summed E-state index contributed by atoms with van der Waals surface area (Å²) in [7, 11) is 0. The van der Waals surface area contributed by atoms with Gasteiger partial charge in [0.2, 0.25) is 5.95 Å². The molecule has 0 amide bonds. The molecular weight excluding hydrogens is 284 g/mol. The van der Waals surface area contributed by atoms with Crippen LogP contribution in [-0.2, 0) is 4.74 Å². The Morgan fingerprint density at radius 1 is 1.35 bits per heavy atom. The fraction of sp³-hybridized carbons (Fsp3) is 0.455. The summed E-state index contributed by atoms with van der Waals surface area (Å²) in [5, 5.41) is 7.74. The van der Waals surface area contributed by atoms with Crippen molar-refractivity contribution in [1.29, 1.82) is 0 Å². The highest BCUT2D eigenvalue weighted by Crippen LogP contribution is 2.15. The summed E-state index contributed by atoms with van der Waals surface area (Å²) in [4.78, 5) is 4.43. The van der Waals surface area contributed by atoms with E-state index in [0.29, 0.717) is 12.0 Å². The summed E-state index contributed by atoms with van der Waals surface area (Å²) in [5.74, 6) is 0.690. The first-order valence-corrected chi connectivity index (χ1v) is 6.47. The van der Waals surface area contributed by atoms with Crippen LogP contribution in [0.3, 0.4) is 0 Å². The first-order chi connectivity index (χ1) is 8.31. The number of rotatable bonds is 2. The zero-order chi connectivity index (χ0) is 11.7. The molecule has 1 aliphatic rings. The Hall–Kier alpha value is -1.14. The van der Waals surface area contributed by atoms with Crippen LogP contribution < -0.4 is 5.32 Å². The average molecular weight is 297 g/mol. The standard InChI is InChI=1S/C11H13BrN4O/c12-8-1-2-10-14-11(15-16(10)7-8)13-9-3-5-17-6-4-9/h1-2,7,9H,3-6H2,(H,13,15). The fourth-order valence-corrected chi connectivity index (χ4v) is 2.27. The van der Waals surface area contributed by atoms with Crippen molar-refractivity contribution >= 4 is 27.5 Å². The Morgan fingerprint density at radius 2 is 2.18 bits per heavy atom. The lowest BCUT2D eigenvalue weighted by Gasteiger charge is -2.22. The van der Waals surface area contributed by atoms with E-state index in [1.54, 1.807) is 4.52 Å². The lowest BCUT2D eigenvalue weighted by atomic mass is 10.1. The van der Waals surface area contributed by atoms with Crippen LogP contribution in [0.1, 0.15) is 12.8 Å². The molecule has 90 valence electrons. The molecule has 0 aromatic carbocycles. The molecule has 0 spiro atoms. The molecule has 17 heavy (non-hydrogen) atoms. The van der Waals surface area contributed by atoms with Gasteiger partial charge in [0, 0.05) is 29.9 Å². The summed E-state index contributed by atoms with van der Waals surface area (Å²) in [6.45, 7) is 1.63. The Kier molecular flexibility index (Phi) is 2.98. The normalized spacial score (nSPS) is 17.5. The zero-order valence-corrected chi connectivity index (χ0v) is 10.9. The van der Waals surface area contributed by atoms with E-state index >= 15 is 0 Å². The number of anilines is 1. The predicted molar refractivity (Wildman–Crippen MR) is 68.2 cm³/mol. The maximum Gasteiger partial charge on any atom is 0.243 e. The third kappa shape index (κ3) is 2.42. The van der Waals surface area contributed by atoms with Gasteiger partial charge in [0.15, 0.2) is 5.65 Å². The molecular formula is C11H13BrN4O. The van der Waals surface area contributed by atoms with Crippen LogP contribution in [0.15, 0.2) is 22.8 Å². The van der Waals surface area contributed by atoms with Crippen LogP contribution in [0.5, 0.6) is 0 Å². The van der Waals surface area contributed by atoms with Crippen molar-refractivity contribution in [3.63, 3.8) is 0 Å². The van der Waals surface area contributed by atoms with Gasteiger partial charge < -0.3 is 10.1 Å². The summed E-state index contributed by atoms with van der Waals surface area (Å²) in [6.07, 6.45) is 3.93. The quantitative estimate of drug-likeness (QED) is 0.922. The molecule has 0 atom stereocenters. The van der Waals surface area contributed by atoms with Crippen molar-refractivity contribution < 1.29 is 4.74 Å². The second-order valence-corrected chi connectivity index (χ2v) is 5.03. The van der Waals surface area contributed by atoms with Crippen molar-refractivity contribution in [1.82, 2.24) is 14.6 Å². The lowest BCUT2D eigenvalue weighted by molar-refractivity contribution is 0.0903. The largest absolute Gasteiger partial charge is 0.381 e. The highest BCUT2D eigenvalue weighted by molar-refractivity contribution is 9.10. The minimum Gasteiger partial charge on any atom is -0.381 e. The zero-order valence-electron chi connectivity index (χ0n) is 9.27. The Morgan fingerprint density at radius 3 is 3.00 bits per heavy atom. The van der Waals surface area contributed by atoms with E-state index in [9.17, 15) is 0 Å². The fourth-order valence-electron chi connectivity index (χ4n) is 1.94. The predicted octanol–water partition coefficient (Wildman–Crippen LogP) is 2.08. The van der Waals surface area contributed by atoms with Crippen molar-refractivity contribution in [3.05, 3.63) is 22.8 Å². The minimum absolute atomic E-state index is 0.421. The molecule has 0 bridgehead atoms. The third-order valence-electron chi connectivity index (χ3n) is 2.85. The molecule has 3 rings (SSSR count). The summed E-state index contributed by atoms with van der Waals surface area (Å²) < 4.78 is 8.08. The highest BCUT2D eigenvalue weighted by Gasteiger charge is 2.15. The molecule has 1 saturated heterocycles.